The van der Waals surface area contributed by atoms with Gasteiger partial charge in [-0.05, 0) is 36.5 Å². The van der Waals surface area contributed by atoms with Gasteiger partial charge in [-0.1, -0.05) is 69.2 Å². The SMILES string of the molecule is CC(C)c1ccc(-c2csc(N(CCC(=O)NS(=O)(=O)c3ccccc3)C3CCCC3)n2)cc1.Cl. The first-order valence-electron chi connectivity index (χ1n) is 11.8. The molecule has 0 radical (unpaired) electrons. The number of halogens is 1. The predicted octanol–water partition coefficient (Wildman–Crippen LogP) is 6.00. The van der Waals surface area contributed by atoms with E-state index in [1.165, 1.54) is 17.7 Å². The molecule has 2 aromatic carbocycles. The van der Waals surface area contributed by atoms with Gasteiger partial charge in [0.25, 0.3) is 10.0 Å². The second kappa shape index (κ2) is 12.0. The maximum atomic E-state index is 12.6. The van der Waals surface area contributed by atoms with E-state index in [9.17, 15) is 13.2 Å². The Balaban J connectivity index is 0.00000342. The van der Waals surface area contributed by atoms with E-state index in [-0.39, 0.29) is 23.7 Å². The molecule has 188 valence electrons. The van der Waals surface area contributed by atoms with Crippen LogP contribution in [0.3, 0.4) is 0 Å². The fourth-order valence-corrected chi connectivity index (χ4v) is 6.27. The number of rotatable bonds is 9. The van der Waals surface area contributed by atoms with Crippen molar-refractivity contribution < 1.29 is 13.2 Å². The van der Waals surface area contributed by atoms with E-state index in [0.29, 0.717) is 18.5 Å². The number of nitrogens with zero attached hydrogens (tertiary/aromatic N) is 2. The largest absolute Gasteiger partial charge is 0.345 e. The number of benzene rings is 2. The molecule has 6 nitrogen and oxygen atoms in total. The van der Waals surface area contributed by atoms with Crippen molar-refractivity contribution in [1.82, 2.24) is 9.71 Å². The minimum Gasteiger partial charge on any atom is -0.345 e. The summed E-state index contributed by atoms with van der Waals surface area (Å²) in [6.07, 6.45) is 4.51. The zero-order chi connectivity index (χ0) is 24.1. The minimum absolute atomic E-state index is 0. The molecule has 0 atom stereocenters. The molecule has 4 rings (SSSR count). The van der Waals surface area contributed by atoms with Gasteiger partial charge in [-0.3, -0.25) is 4.79 Å². The third-order valence-electron chi connectivity index (χ3n) is 6.26. The number of thiazole rings is 1. The number of carbonyl (C=O) groups excluding carboxylic acids is 1. The summed E-state index contributed by atoms with van der Waals surface area (Å²) in [6.45, 7) is 4.79. The summed E-state index contributed by atoms with van der Waals surface area (Å²) in [7, 11) is -3.86. The van der Waals surface area contributed by atoms with Crippen molar-refractivity contribution in [2.24, 2.45) is 0 Å². The number of aromatic nitrogens is 1. The van der Waals surface area contributed by atoms with Gasteiger partial charge in [0.05, 0.1) is 10.6 Å². The summed E-state index contributed by atoms with van der Waals surface area (Å²) >= 11 is 1.58. The molecule has 0 bridgehead atoms. The molecule has 1 amide bonds. The van der Waals surface area contributed by atoms with Gasteiger partial charge in [-0.15, -0.1) is 23.7 Å². The number of hydrogen-bond donors (Lipinski definition) is 1. The number of hydrogen-bond acceptors (Lipinski definition) is 6. The molecule has 1 aliphatic rings. The highest BCUT2D eigenvalue weighted by Crippen LogP contribution is 2.33. The molecule has 1 saturated carbocycles. The van der Waals surface area contributed by atoms with Crippen molar-refractivity contribution in [2.75, 3.05) is 11.4 Å². The van der Waals surface area contributed by atoms with Crippen LogP contribution in [-0.4, -0.2) is 31.9 Å². The Hall–Kier alpha value is -2.42. The van der Waals surface area contributed by atoms with Crippen LogP contribution in [0.25, 0.3) is 11.3 Å². The zero-order valence-electron chi connectivity index (χ0n) is 20.0. The summed E-state index contributed by atoms with van der Waals surface area (Å²) in [5.74, 6) is -0.0253. The summed E-state index contributed by atoms with van der Waals surface area (Å²) in [6, 6.07) is 16.8. The van der Waals surface area contributed by atoms with Crippen molar-refractivity contribution in [3.63, 3.8) is 0 Å². The molecule has 0 aliphatic heterocycles. The predicted molar refractivity (Wildman–Crippen MR) is 145 cm³/mol. The highest BCUT2D eigenvalue weighted by molar-refractivity contribution is 7.90. The molecule has 1 aliphatic carbocycles. The molecular weight excluding hydrogens is 502 g/mol. The standard InChI is InChI=1S/C26H31N3O3S2.ClH/c1-19(2)20-12-14-21(15-13-20)24-18-33-26(27-24)29(22-8-6-7-9-22)17-16-25(30)28-34(31,32)23-10-4-3-5-11-23;/h3-5,10-15,18-19,22H,6-9,16-17H2,1-2H3,(H,28,30);1H. The van der Waals surface area contributed by atoms with Gasteiger partial charge in [0.1, 0.15) is 0 Å². The van der Waals surface area contributed by atoms with Gasteiger partial charge in [-0.25, -0.2) is 18.1 Å². The molecular formula is C26H32ClN3O3S2. The molecule has 3 aromatic rings. The Bertz CT molecular complexity index is 1210. The van der Waals surface area contributed by atoms with E-state index in [2.05, 4.69) is 53.1 Å². The van der Waals surface area contributed by atoms with E-state index in [1.54, 1.807) is 29.5 Å². The highest BCUT2D eigenvalue weighted by Gasteiger charge is 2.26. The van der Waals surface area contributed by atoms with Crippen LogP contribution >= 0.6 is 23.7 Å². The van der Waals surface area contributed by atoms with Crippen molar-refractivity contribution in [3.8, 4) is 11.3 Å². The number of nitrogens with one attached hydrogen (secondary N) is 1. The summed E-state index contributed by atoms with van der Waals surface area (Å²) < 4.78 is 27.2. The summed E-state index contributed by atoms with van der Waals surface area (Å²) in [4.78, 5) is 19.7. The van der Waals surface area contributed by atoms with Crippen molar-refractivity contribution >= 4 is 44.8 Å². The maximum Gasteiger partial charge on any atom is 0.264 e. The molecule has 0 spiro atoms. The molecule has 1 heterocycles. The summed E-state index contributed by atoms with van der Waals surface area (Å²) in [5.41, 5.74) is 3.29. The lowest BCUT2D eigenvalue weighted by molar-refractivity contribution is -0.119. The Labute approximate surface area is 218 Å². The fraction of sp³-hybridized carbons (Fsp3) is 0.385. The maximum absolute atomic E-state index is 12.6. The lowest BCUT2D eigenvalue weighted by Crippen LogP contribution is -2.38. The van der Waals surface area contributed by atoms with Crippen LogP contribution in [0.2, 0.25) is 0 Å². The van der Waals surface area contributed by atoms with Crippen LogP contribution in [-0.2, 0) is 14.8 Å². The lowest BCUT2D eigenvalue weighted by atomic mass is 10.0. The molecule has 0 saturated heterocycles. The lowest BCUT2D eigenvalue weighted by Gasteiger charge is -2.28. The van der Waals surface area contributed by atoms with Gasteiger partial charge in [0.15, 0.2) is 5.13 Å². The first-order chi connectivity index (χ1) is 16.3. The Morgan fingerprint density at radius 1 is 1.09 bits per heavy atom. The van der Waals surface area contributed by atoms with E-state index in [0.717, 1.165) is 42.1 Å². The van der Waals surface area contributed by atoms with Gasteiger partial charge in [0, 0.05) is 30.0 Å². The van der Waals surface area contributed by atoms with Crippen LogP contribution in [0.5, 0.6) is 0 Å². The van der Waals surface area contributed by atoms with E-state index in [1.807, 2.05) is 0 Å². The van der Waals surface area contributed by atoms with Gasteiger partial charge in [-0.2, -0.15) is 0 Å². The minimum atomic E-state index is -3.86. The van der Waals surface area contributed by atoms with E-state index < -0.39 is 15.9 Å². The fourth-order valence-electron chi connectivity index (χ4n) is 4.30. The van der Waals surface area contributed by atoms with E-state index in [4.69, 9.17) is 4.98 Å². The average Bonchev–Trinajstić information content (AvgIpc) is 3.53. The van der Waals surface area contributed by atoms with Crippen LogP contribution in [0, 0.1) is 0 Å². The molecule has 35 heavy (non-hydrogen) atoms. The molecule has 0 unspecified atom stereocenters. The van der Waals surface area contributed by atoms with Crippen molar-refractivity contribution in [1.29, 1.82) is 0 Å². The quantitative estimate of drug-likeness (QED) is 0.365. The Morgan fingerprint density at radius 3 is 2.37 bits per heavy atom. The molecule has 9 heteroatoms. The van der Waals surface area contributed by atoms with Crippen molar-refractivity contribution in [3.05, 3.63) is 65.5 Å². The van der Waals surface area contributed by atoms with E-state index >= 15 is 0 Å². The first-order valence-corrected chi connectivity index (χ1v) is 14.1. The highest BCUT2D eigenvalue weighted by atomic mass is 35.5. The number of carbonyl (C=O) groups is 1. The Morgan fingerprint density at radius 2 is 1.74 bits per heavy atom. The monoisotopic (exact) mass is 533 g/mol. The van der Waals surface area contributed by atoms with Gasteiger partial charge < -0.3 is 4.90 Å². The van der Waals surface area contributed by atoms with Crippen LogP contribution in [0.15, 0.2) is 64.9 Å². The van der Waals surface area contributed by atoms with Crippen LogP contribution in [0.4, 0.5) is 5.13 Å². The normalized spacial score (nSPS) is 14.0. The van der Waals surface area contributed by atoms with Crippen LogP contribution in [0.1, 0.15) is 57.4 Å². The number of sulfonamides is 1. The molecule has 1 N–H and O–H groups in total. The third-order valence-corrected chi connectivity index (χ3v) is 8.52. The third kappa shape index (κ3) is 6.84. The average molecular weight is 534 g/mol. The molecule has 1 fully saturated rings. The zero-order valence-corrected chi connectivity index (χ0v) is 22.5. The van der Waals surface area contributed by atoms with Crippen molar-refractivity contribution in [2.45, 2.75) is 62.8 Å². The number of anilines is 1. The second-order valence-corrected chi connectivity index (χ2v) is 11.5. The smallest absolute Gasteiger partial charge is 0.264 e. The molecule has 1 aromatic heterocycles. The first kappa shape index (κ1) is 27.2. The van der Waals surface area contributed by atoms with Gasteiger partial charge >= 0.3 is 0 Å². The van der Waals surface area contributed by atoms with Crippen LogP contribution < -0.4 is 9.62 Å². The summed E-state index contributed by atoms with van der Waals surface area (Å²) in [5, 5.41) is 2.94. The second-order valence-electron chi connectivity index (χ2n) is 9.02. The number of amides is 1. The Kier molecular flexibility index (Phi) is 9.33. The topological polar surface area (TPSA) is 79.4 Å². The van der Waals surface area contributed by atoms with Gasteiger partial charge in [0.2, 0.25) is 5.91 Å².